The zero-order valence-corrected chi connectivity index (χ0v) is 17.4. The Morgan fingerprint density at radius 1 is 0.852 bits per heavy atom. The van der Waals surface area contributed by atoms with Crippen LogP contribution in [0.25, 0.3) is 0 Å². The van der Waals surface area contributed by atoms with Gasteiger partial charge in [-0.3, -0.25) is 4.79 Å². The van der Waals surface area contributed by atoms with Gasteiger partial charge in [0, 0.05) is 18.7 Å². The molecule has 0 saturated carbocycles. The van der Waals surface area contributed by atoms with E-state index in [4.69, 9.17) is 5.73 Å². The van der Waals surface area contributed by atoms with Crippen molar-refractivity contribution in [1.82, 2.24) is 4.90 Å². The van der Waals surface area contributed by atoms with E-state index in [9.17, 15) is 9.18 Å². The molecule has 1 aromatic carbocycles. The van der Waals surface area contributed by atoms with E-state index >= 15 is 0 Å². The minimum atomic E-state index is -0.468. The van der Waals surface area contributed by atoms with Gasteiger partial charge in [-0.25, -0.2) is 4.39 Å². The maximum atomic E-state index is 13.4. The largest absolute Gasteiger partial charge is 0.396 e. The van der Waals surface area contributed by atoms with E-state index in [0.717, 1.165) is 38.8 Å². The highest BCUT2D eigenvalue weighted by Crippen LogP contribution is 2.16. The molecule has 0 aliphatic carbocycles. The van der Waals surface area contributed by atoms with Crippen LogP contribution in [0, 0.1) is 5.82 Å². The Balaban J connectivity index is 2.54. The summed E-state index contributed by atoms with van der Waals surface area (Å²) in [6.07, 6.45) is 14.5. The predicted molar refractivity (Wildman–Crippen MR) is 113 cm³/mol. The van der Waals surface area contributed by atoms with Crippen LogP contribution in [0.1, 0.15) is 101 Å². The van der Waals surface area contributed by atoms with E-state index in [2.05, 4.69) is 13.8 Å². The van der Waals surface area contributed by atoms with E-state index in [1.807, 2.05) is 4.90 Å². The Morgan fingerprint density at radius 2 is 1.33 bits per heavy atom. The highest BCUT2D eigenvalue weighted by molar-refractivity contribution is 5.95. The number of hydrogen-bond acceptors (Lipinski definition) is 2. The van der Waals surface area contributed by atoms with E-state index in [-0.39, 0.29) is 11.6 Å². The van der Waals surface area contributed by atoms with Crippen molar-refractivity contribution in [3.05, 3.63) is 29.6 Å². The van der Waals surface area contributed by atoms with Crippen LogP contribution in [-0.4, -0.2) is 23.9 Å². The topological polar surface area (TPSA) is 46.3 Å². The lowest BCUT2D eigenvalue weighted by atomic mass is 10.1. The summed E-state index contributed by atoms with van der Waals surface area (Å²) in [6.45, 7) is 5.99. The number of nitrogens with two attached hydrogens (primary N) is 1. The molecular formula is C23H39FN2O. The minimum absolute atomic E-state index is 0.0242. The fourth-order valence-corrected chi connectivity index (χ4v) is 3.34. The number of anilines is 1. The Morgan fingerprint density at radius 3 is 1.81 bits per heavy atom. The molecule has 1 rings (SSSR count). The molecule has 3 nitrogen and oxygen atoms in total. The molecule has 0 saturated heterocycles. The molecule has 0 radical (unpaired) electrons. The van der Waals surface area contributed by atoms with Crippen LogP contribution in [0.4, 0.5) is 10.1 Å². The standard InChI is InChI=1S/C23H39FN2O/c1-3-5-7-9-11-13-17-26(18-14-12-10-8-6-4-2)23(27)20-15-16-21(24)22(25)19-20/h15-16,19H,3-14,17-18,25H2,1-2H3. The first-order chi connectivity index (χ1) is 13.1. The molecule has 0 unspecified atom stereocenters. The highest BCUT2D eigenvalue weighted by Gasteiger charge is 2.16. The molecule has 0 heterocycles. The smallest absolute Gasteiger partial charge is 0.253 e. The lowest BCUT2D eigenvalue weighted by Crippen LogP contribution is -2.33. The second-order valence-electron chi connectivity index (χ2n) is 7.56. The second-order valence-corrected chi connectivity index (χ2v) is 7.56. The number of benzene rings is 1. The van der Waals surface area contributed by atoms with Crippen LogP contribution in [-0.2, 0) is 0 Å². The Hall–Kier alpha value is -1.58. The van der Waals surface area contributed by atoms with Crippen LogP contribution in [0.5, 0.6) is 0 Å². The molecule has 4 heteroatoms. The maximum absolute atomic E-state index is 13.4. The molecule has 1 aromatic rings. The van der Waals surface area contributed by atoms with Gasteiger partial charge in [-0.05, 0) is 31.0 Å². The first-order valence-corrected chi connectivity index (χ1v) is 10.9. The summed E-state index contributed by atoms with van der Waals surface area (Å²) in [6, 6.07) is 4.30. The van der Waals surface area contributed by atoms with Crippen molar-refractivity contribution in [3.8, 4) is 0 Å². The van der Waals surface area contributed by atoms with Crippen molar-refractivity contribution in [3.63, 3.8) is 0 Å². The van der Waals surface area contributed by atoms with Crippen molar-refractivity contribution >= 4 is 11.6 Å². The molecule has 0 fully saturated rings. The molecule has 2 N–H and O–H groups in total. The number of carbonyl (C=O) groups excluding carboxylic acids is 1. The summed E-state index contributed by atoms with van der Waals surface area (Å²) in [4.78, 5) is 14.8. The summed E-state index contributed by atoms with van der Waals surface area (Å²) in [5.74, 6) is -0.492. The van der Waals surface area contributed by atoms with Gasteiger partial charge in [0.05, 0.1) is 5.69 Å². The third kappa shape index (κ3) is 9.78. The molecular weight excluding hydrogens is 339 g/mol. The molecule has 27 heavy (non-hydrogen) atoms. The first kappa shape index (κ1) is 23.5. The Labute approximate surface area is 165 Å². The second kappa shape index (κ2) is 14.5. The molecule has 0 aliphatic heterocycles. The summed E-state index contributed by atoms with van der Waals surface area (Å²) in [7, 11) is 0. The van der Waals surface area contributed by atoms with Crippen LogP contribution in [0.2, 0.25) is 0 Å². The van der Waals surface area contributed by atoms with Gasteiger partial charge in [0.15, 0.2) is 0 Å². The molecule has 0 spiro atoms. The summed E-state index contributed by atoms with van der Waals surface area (Å²) in [5.41, 5.74) is 6.18. The van der Waals surface area contributed by atoms with E-state index in [1.165, 1.54) is 63.5 Å². The number of amides is 1. The van der Waals surface area contributed by atoms with Gasteiger partial charge in [-0.1, -0.05) is 78.1 Å². The van der Waals surface area contributed by atoms with Gasteiger partial charge < -0.3 is 10.6 Å². The Bertz CT molecular complexity index is 517. The fraction of sp³-hybridized carbons (Fsp3) is 0.696. The maximum Gasteiger partial charge on any atom is 0.253 e. The van der Waals surface area contributed by atoms with Crippen molar-refractivity contribution in [2.75, 3.05) is 18.8 Å². The number of nitrogen functional groups attached to an aromatic ring is 1. The average Bonchev–Trinajstić information content (AvgIpc) is 2.67. The average molecular weight is 379 g/mol. The SMILES string of the molecule is CCCCCCCCN(CCCCCCCC)C(=O)c1ccc(F)c(N)c1. The summed E-state index contributed by atoms with van der Waals surface area (Å²) in [5, 5.41) is 0. The van der Waals surface area contributed by atoms with Crippen LogP contribution >= 0.6 is 0 Å². The molecule has 0 bridgehead atoms. The van der Waals surface area contributed by atoms with Gasteiger partial charge in [-0.2, -0.15) is 0 Å². The van der Waals surface area contributed by atoms with Gasteiger partial charge in [0.2, 0.25) is 0 Å². The third-order valence-corrected chi connectivity index (χ3v) is 5.09. The number of unbranched alkanes of at least 4 members (excludes halogenated alkanes) is 10. The minimum Gasteiger partial charge on any atom is -0.396 e. The number of carbonyl (C=O) groups is 1. The number of rotatable bonds is 15. The fourth-order valence-electron chi connectivity index (χ4n) is 3.34. The van der Waals surface area contributed by atoms with E-state index in [1.54, 1.807) is 6.07 Å². The molecule has 0 aromatic heterocycles. The van der Waals surface area contributed by atoms with Crippen LogP contribution in [0.15, 0.2) is 18.2 Å². The third-order valence-electron chi connectivity index (χ3n) is 5.09. The number of nitrogens with zero attached hydrogens (tertiary/aromatic N) is 1. The molecule has 0 aliphatic rings. The molecule has 0 atom stereocenters. The predicted octanol–water partition coefficient (Wildman–Crippen LogP) is 6.57. The van der Waals surface area contributed by atoms with Gasteiger partial charge in [-0.15, -0.1) is 0 Å². The van der Waals surface area contributed by atoms with Gasteiger partial charge in [0.1, 0.15) is 5.82 Å². The Kier molecular flexibility index (Phi) is 12.6. The number of halogens is 1. The lowest BCUT2D eigenvalue weighted by molar-refractivity contribution is 0.0749. The zero-order valence-electron chi connectivity index (χ0n) is 17.4. The normalized spacial score (nSPS) is 10.9. The monoisotopic (exact) mass is 378 g/mol. The lowest BCUT2D eigenvalue weighted by Gasteiger charge is -2.23. The van der Waals surface area contributed by atoms with Crippen molar-refractivity contribution in [2.24, 2.45) is 0 Å². The van der Waals surface area contributed by atoms with Crippen LogP contribution < -0.4 is 5.73 Å². The summed E-state index contributed by atoms with van der Waals surface area (Å²) >= 11 is 0. The number of hydrogen-bond donors (Lipinski definition) is 1. The van der Waals surface area contributed by atoms with Gasteiger partial charge in [0.25, 0.3) is 5.91 Å². The summed E-state index contributed by atoms with van der Waals surface area (Å²) < 4.78 is 13.4. The molecule has 154 valence electrons. The first-order valence-electron chi connectivity index (χ1n) is 10.9. The van der Waals surface area contributed by atoms with Gasteiger partial charge >= 0.3 is 0 Å². The van der Waals surface area contributed by atoms with Crippen LogP contribution in [0.3, 0.4) is 0 Å². The van der Waals surface area contributed by atoms with E-state index < -0.39 is 5.82 Å². The van der Waals surface area contributed by atoms with E-state index in [0.29, 0.717) is 5.56 Å². The zero-order chi connectivity index (χ0) is 19.9. The highest BCUT2D eigenvalue weighted by atomic mass is 19.1. The quantitative estimate of drug-likeness (QED) is 0.277. The van der Waals surface area contributed by atoms with Crippen molar-refractivity contribution < 1.29 is 9.18 Å². The molecule has 1 amide bonds. The van der Waals surface area contributed by atoms with Crippen molar-refractivity contribution in [2.45, 2.75) is 90.9 Å². The van der Waals surface area contributed by atoms with Crippen molar-refractivity contribution in [1.29, 1.82) is 0 Å².